The van der Waals surface area contributed by atoms with Gasteiger partial charge < -0.3 is 5.11 Å². The summed E-state index contributed by atoms with van der Waals surface area (Å²) in [6.45, 7) is 2.85. The minimum Gasteiger partial charge on any atom is -0.512 e. The van der Waals surface area contributed by atoms with Crippen molar-refractivity contribution in [1.82, 2.24) is 4.98 Å². The number of aromatic nitrogens is 1. The summed E-state index contributed by atoms with van der Waals surface area (Å²) in [5.41, 5.74) is 6.31. The Morgan fingerprint density at radius 2 is 1.62 bits per heavy atom. The third-order valence-corrected chi connectivity index (χ3v) is 4.95. The molecule has 4 nitrogen and oxygen atoms in total. The zero-order chi connectivity index (χ0) is 22.0. The van der Waals surface area contributed by atoms with Gasteiger partial charge in [0.05, 0.1) is 11.3 Å². The van der Waals surface area contributed by atoms with Crippen molar-refractivity contribution in [2.75, 3.05) is 0 Å². The van der Waals surface area contributed by atoms with Gasteiger partial charge in [-0.2, -0.15) is 0 Å². The van der Waals surface area contributed by atoms with Crippen molar-refractivity contribution in [3.8, 4) is 22.4 Å². The van der Waals surface area contributed by atoms with Gasteiger partial charge in [-0.15, -0.1) is 35.9 Å². The number of hydrogen-bond donors (Lipinski definition) is 1. The van der Waals surface area contributed by atoms with E-state index in [9.17, 15) is 9.59 Å². The molecule has 0 aliphatic heterocycles. The van der Waals surface area contributed by atoms with Crippen LogP contribution in [0.1, 0.15) is 29.8 Å². The van der Waals surface area contributed by atoms with Crippen LogP contribution in [0.5, 0.6) is 0 Å². The van der Waals surface area contributed by atoms with Crippen molar-refractivity contribution in [3.63, 3.8) is 0 Å². The van der Waals surface area contributed by atoms with Gasteiger partial charge in [-0.3, -0.25) is 14.6 Å². The summed E-state index contributed by atoms with van der Waals surface area (Å²) in [7, 11) is 0. The summed E-state index contributed by atoms with van der Waals surface area (Å²) < 4.78 is 0. The van der Waals surface area contributed by atoms with Crippen molar-refractivity contribution in [2.24, 2.45) is 0 Å². The number of aliphatic hydroxyl groups excluding tert-OH is 1. The van der Waals surface area contributed by atoms with E-state index in [2.05, 4.69) is 12.1 Å². The van der Waals surface area contributed by atoms with Crippen LogP contribution >= 0.6 is 0 Å². The van der Waals surface area contributed by atoms with Gasteiger partial charge in [-0.25, -0.2) is 0 Å². The maximum absolute atomic E-state index is 12.6. The van der Waals surface area contributed by atoms with Crippen molar-refractivity contribution in [2.45, 2.75) is 13.8 Å². The molecule has 0 spiro atoms. The minimum absolute atomic E-state index is 0. The topological polar surface area (TPSA) is 67.3 Å². The van der Waals surface area contributed by atoms with Gasteiger partial charge in [0.25, 0.3) is 0 Å². The van der Waals surface area contributed by atoms with Gasteiger partial charge in [0.2, 0.25) is 0 Å². The number of rotatable bonds is 2. The summed E-state index contributed by atoms with van der Waals surface area (Å²) >= 11 is 0. The van der Waals surface area contributed by atoms with Crippen molar-refractivity contribution in [1.29, 1.82) is 0 Å². The molecular weight excluding hydrogens is 579 g/mol. The van der Waals surface area contributed by atoms with Crippen molar-refractivity contribution >= 4 is 22.5 Å². The van der Waals surface area contributed by atoms with E-state index in [0.29, 0.717) is 0 Å². The van der Waals surface area contributed by atoms with Crippen LogP contribution in [0.4, 0.5) is 0 Å². The second-order valence-corrected chi connectivity index (χ2v) is 7.30. The van der Waals surface area contributed by atoms with E-state index in [0.717, 1.165) is 44.4 Å². The number of ketones is 2. The smallest absolute Gasteiger partial charge is 0.194 e. The van der Waals surface area contributed by atoms with Gasteiger partial charge >= 0.3 is 0 Å². The van der Waals surface area contributed by atoms with Gasteiger partial charge in [-0.1, -0.05) is 36.4 Å². The van der Waals surface area contributed by atoms with Crippen LogP contribution < -0.4 is 0 Å². The average Bonchev–Trinajstić information content (AvgIpc) is 3.06. The molecule has 0 atom stereocenters. The number of carbonyl (C=O) groups excluding carboxylic acids is 2. The Labute approximate surface area is 200 Å². The molecule has 4 aromatic rings. The molecule has 5 rings (SSSR count). The van der Waals surface area contributed by atoms with Crippen LogP contribution in [0.25, 0.3) is 33.3 Å². The van der Waals surface area contributed by atoms with Gasteiger partial charge in [0, 0.05) is 48.3 Å². The van der Waals surface area contributed by atoms with E-state index in [1.807, 2.05) is 66.7 Å². The van der Waals surface area contributed by atoms with E-state index in [1.54, 1.807) is 0 Å². The standard InChI is InChI=1S/C22H12NO.C5H8O2.Ir/c24-22-16-9-5-4-8-15(16)21-17-10-12-19(14-6-2-1-3-7-14)23-20(17)13-11-18(21)22;1-4(6)3-5(2)7;/h1-6,8-13H;3,6H,1-2H3;/q-1;;/b;4-3-;. The molecule has 0 bridgehead atoms. The number of benzene rings is 3. The number of aliphatic hydroxyl groups is 1. The zero-order valence-electron chi connectivity index (χ0n) is 17.5. The Hall–Kier alpha value is -3.40. The fourth-order valence-corrected chi connectivity index (χ4v) is 3.72. The minimum atomic E-state index is -0.125. The Balaban J connectivity index is 0.000000318. The quantitative estimate of drug-likeness (QED) is 0.155. The summed E-state index contributed by atoms with van der Waals surface area (Å²) in [5.74, 6) is 0.0375. The maximum atomic E-state index is 12.6. The molecule has 32 heavy (non-hydrogen) atoms. The van der Waals surface area contributed by atoms with Gasteiger partial charge in [0.1, 0.15) is 0 Å². The van der Waals surface area contributed by atoms with E-state index in [1.165, 1.54) is 19.9 Å². The van der Waals surface area contributed by atoms with Crippen molar-refractivity contribution in [3.05, 3.63) is 102 Å². The molecule has 1 aromatic heterocycles. The van der Waals surface area contributed by atoms with E-state index >= 15 is 0 Å². The molecule has 0 saturated heterocycles. The molecule has 3 aromatic carbocycles. The van der Waals surface area contributed by atoms with E-state index < -0.39 is 0 Å². The van der Waals surface area contributed by atoms with Crippen LogP contribution in [0.3, 0.4) is 0 Å². The molecule has 0 unspecified atom stereocenters. The largest absolute Gasteiger partial charge is 0.512 e. The van der Waals surface area contributed by atoms with Crippen LogP contribution in [0, 0.1) is 6.07 Å². The number of hydrogen-bond acceptors (Lipinski definition) is 4. The predicted octanol–water partition coefficient (Wildman–Crippen LogP) is 5.95. The first-order valence-electron chi connectivity index (χ1n) is 9.88. The Kier molecular flexibility index (Phi) is 7.14. The number of pyridine rings is 1. The van der Waals surface area contributed by atoms with Crippen LogP contribution in [-0.4, -0.2) is 21.7 Å². The average molecular weight is 599 g/mol. The SMILES string of the molecule is CC(=O)/C=C(/C)O.O=C1c2ccccc2-c2c1ccc1nc(-c3[c-]cccc3)ccc21.[Ir]. The van der Waals surface area contributed by atoms with Gasteiger partial charge in [0.15, 0.2) is 11.6 Å². The summed E-state index contributed by atoms with van der Waals surface area (Å²) in [6, 6.07) is 26.7. The Morgan fingerprint density at radius 3 is 2.25 bits per heavy atom. The first-order chi connectivity index (χ1) is 15.0. The second kappa shape index (κ2) is 9.82. The number of allylic oxidation sites excluding steroid dienone is 2. The van der Waals surface area contributed by atoms with Crippen LogP contribution in [0.15, 0.2) is 84.6 Å². The Morgan fingerprint density at radius 1 is 0.906 bits per heavy atom. The number of carbonyl (C=O) groups is 2. The van der Waals surface area contributed by atoms with E-state index in [-0.39, 0.29) is 37.4 Å². The summed E-state index contributed by atoms with van der Waals surface area (Å²) in [5, 5.41) is 9.38. The normalized spacial score (nSPS) is 11.7. The predicted molar refractivity (Wildman–Crippen MR) is 122 cm³/mol. The fraction of sp³-hybridized carbons (Fsp3) is 0.0741. The monoisotopic (exact) mass is 599 g/mol. The molecule has 0 fully saturated rings. The van der Waals surface area contributed by atoms with E-state index in [4.69, 9.17) is 10.1 Å². The molecule has 1 N–H and O–H groups in total. The molecule has 5 heteroatoms. The Bertz CT molecular complexity index is 1340. The summed E-state index contributed by atoms with van der Waals surface area (Å²) in [4.78, 5) is 27.4. The first-order valence-corrected chi connectivity index (χ1v) is 9.88. The third kappa shape index (κ3) is 4.59. The molecule has 1 heterocycles. The third-order valence-electron chi connectivity index (χ3n) is 4.95. The number of nitrogens with zero attached hydrogens (tertiary/aromatic N) is 1. The second-order valence-electron chi connectivity index (χ2n) is 7.30. The van der Waals surface area contributed by atoms with Crippen molar-refractivity contribution < 1.29 is 34.8 Å². The number of fused-ring (bicyclic) bond motifs is 5. The van der Waals surface area contributed by atoms with Crippen LogP contribution in [0.2, 0.25) is 0 Å². The summed E-state index contributed by atoms with van der Waals surface area (Å²) in [6.07, 6.45) is 1.17. The molecule has 0 saturated carbocycles. The van der Waals surface area contributed by atoms with Gasteiger partial charge in [-0.05, 0) is 37.2 Å². The van der Waals surface area contributed by atoms with Crippen LogP contribution in [-0.2, 0) is 24.9 Å². The molecule has 161 valence electrons. The fourth-order valence-electron chi connectivity index (χ4n) is 3.72. The first kappa shape index (κ1) is 23.3. The maximum Gasteiger partial charge on any atom is 0.194 e. The molecular formula is C27H20IrNO3-. The molecule has 1 aliphatic rings. The zero-order valence-corrected chi connectivity index (χ0v) is 19.9. The molecule has 0 amide bonds. The molecule has 1 aliphatic carbocycles. The molecule has 1 radical (unpaired) electrons.